The lowest BCUT2D eigenvalue weighted by molar-refractivity contribution is -0.132. The Morgan fingerprint density at radius 2 is 1.88 bits per heavy atom. The molecule has 4 aromatic rings. The number of aromatic nitrogens is 3. The summed E-state index contributed by atoms with van der Waals surface area (Å²) in [4.78, 5) is 50.1. The zero-order chi connectivity index (χ0) is 28.6. The van der Waals surface area contributed by atoms with E-state index in [0.717, 1.165) is 11.3 Å². The Morgan fingerprint density at radius 1 is 1.12 bits per heavy atom. The number of carbonyl (C=O) groups excluding carboxylic acids is 3. The second-order valence-electron chi connectivity index (χ2n) is 8.94. The van der Waals surface area contributed by atoms with Crippen molar-refractivity contribution < 1.29 is 29.0 Å². The van der Waals surface area contributed by atoms with Crippen molar-refractivity contribution >= 4 is 45.5 Å². The molecule has 1 atom stereocenters. The molecule has 1 fully saturated rings. The Labute approximate surface area is 233 Å². The van der Waals surface area contributed by atoms with Gasteiger partial charge in [-0.1, -0.05) is 42.2 Å². The van der Waals surface area contributed by atoms with Crippen molar-refractivity contribution in [1.29, 1.82) is 0 Å². The number of benzene rings is 1. The van der Waals surface area contributed by atoms with Crippen LogP contribution in [-0.4, -0.2) is 50.3 Å². The van der Waals surface area contributed by atoms with Crippen LogP contribution < -0.4 is 9.64 Å². The van der Waals surface area contributed by atoms with Crippen LogP contribution in [0.25, 0.3) is 11.4 Å². The molecule has 40 heavy (non-hydrogen) atoms. The van der Waals surface area contributed by atoms with Gasteiger partial charge in [-0.2, -0.15) is 0 Å². The molecule has 1 unspecified atom stereocenters. The largest absolute Gasteiger partial charge is 0.505 e. The third-order valence-corrected chi connectivity index (χ3v) is 7.53. The molecule has 5 rings (SSSR count). The van der Waals surface area contributed by atoms with Crippen LogP contribution in [0.5, 0.6) is 5.75 Å². The van der Waals surface area contributed by atoms with E-state index in [2.05, 4.69) is 16.5 Å². The first-order valence-corrected chi connectivity index (χ1v) is 13.3. The summed E-state index contributed by atoms with van der Waals surface area (Å²) in [5, 5.41) is 11.8. The number of thiazole rings is 1. The Balaban J connectivity index is 1.71. The fraction of sp³-hybridized carbons (Fsp3) is 0.207. The highest BCUT2D eigenvalue weighted by atomic mass is 32.1. The second-order valence-corrected chi connectivity index (χ2v) is 9.92. The number of imidazole rings is 1. The van der Waals surface area contributed by atoms with Crippen LogP contribution in [0.2, 0.25) is 0 Å². The number of rotatable bonds is 8. The van der Waals surface area contributed by atoms with Crippen molar-refractivity contribution in [2.24, 2.45) is 0 Å². The van der Waals surface area contributed by atoms with Crippen molar-refractivity contribution in [3.63, 3.8) is 0 Å². The molecule has 0 aliphatic carbocycles. The zero-order valence-corrected chi connectivity index (χ0v) is 22.9. The monoisotopic (exact) mass is 558 g/mol. The number of ketones is 1. The number of anilines is 1. The number of aryl methyl sites for hydroxylation is 2. The average Bonchev–Trinajstić information content (AvgIpc) is 3.57. The van der Waals surface area contributed by atoms with E-state index in [0.29, 0.717) is 40.6 Å². The fourth-order valence-electron chi connectivity index (χ4n) is 4.64. The molecule has 0 radical (unpaired) electrons. The minimum absolute atomic E-state index is 0.121. The summed E-state index contributed by atoms with van der Waals surface area (Å²) in [6, 6.07) is 11.2. The van der Waals surface area contributed by atoms with Crippen LogP contribution in [0.1, 0.15) is 45.3 Å². The number of pyridine rings is 1. The molecule has 11 heteroatoms. The van der Waals surface area contributed by atoms with Crippen LogP contribution in [0.4, 0.5) is 5.13 Å². The van der Waals surface area contributed by atoms with Gasteiger partial charge in [0, 0.05) is 6.20 Å². The van der Waals surface area contributed by atoms with Crippen molar-refractivity contribution in [2.75, 3.05) is 18.1 Å². The quantitative estimate of drug-likeness (QED) is 0.108. The lowest BCUT2D eigenvalue weighted by Gasteiger charge is -2.23. The lowest BCUT2D eigenvalue weighted by atomic mass is 9.96. The Morgan fingerprint density at radius 3 is 2.58 bits per heavy atom. The number of hydrogen-bond donors (Lipinski definition) is 1. The number of aliphatic hydroxyl groups excluding tert-OH is 1. The van der Waals surface area contributed by atoms with Gasteiger partial charge >= 0.3 is 11.9 Å². The number of hydrogen-bond acceptors (Lipinski definition) is 9. The fourth-order valence-corrected chi connectivity index (χ4v) is 5.63. The third-order valence-electron chi connectivity index (χ3n) is 6.39. The number of ether oxygens (including phenoxy) is 2. The number of nitrogens with zero attached hydrogens (tertiary/aromatic N) is 4. The van der Waals surface area contributed by atoms with Gasteiger partial charge in [0.15, 0.2) is 10.9 Å². The standard InChI is InChI=1S/C29H26N4O6S/c1-5-15-39-19-12-10-18(11-13-19)23-21(24(34)22-16(3)30-20-9-7-8-14-32(20)22)25(35)27(36)33(23)29-31-17(4)26(40-29)28(37)38-6-2/h5,7-14,23,34H,1,6,15H2,2-4H3. The van der Waals surface area contributed by atoms with E-state index in [4.69, 9.17) is 9.47 Å². The van der Waals surface area contributed by atoms with E-state index in [9.17, 15) is 19.5 Å². The van der Waals surface area contributed by atoms with Gasteiger partial charge in [0.05, 0.1) is 29.6 Å². The minimum Gasteiger partial charge on any atom is -0.505 e. The molecule has 0 spiro atoms. The number of fused-ring (bicyclic) bond motifs is 1. The van der Waals surface area contributed by atoms with Gasteiger partial charge < -0.3 is 14.6 Å². The predicted molar refractivity (Wildman–Crippen MR) is 150 cm³/mol. The van der Waals surface area contributed by atoms with E-state index in [1.165, 1.54) is 4.90 Å². The SMILES string of the molecule is C=CCOc1ccc(C2C(=C(O)c3c(C)nc4ccccn34)C(=O)C(=O)N2c2nc(C)c(C(=O)OCC)s2)cc1. The molecule has 0 bridgehead atoms. The first kappa shape index (κ1) is 26.8. The molecule has 1 N–H and O–H groups in total. The number of Topliss-reactive ketones (excluding diaryl/α,β-unsaturated/α-hetero) is 1. The smallest absolute Gasteiger partial charge is 0.350 e. The van der Waals surface area contributed by atoms with Gasteiger partial charge in [-0.05, 0) is 50.6 Å². The van der Waals surface area contributed by atoms with Crippen molar-refractivity contribution in [3.8, 4) is 5.75 Å². The summed E-state index contributed by atoms with van der Waals surface area (Å²) in [7, 11) is 0. The molecule has 1 aliphatic heterocycles. The van der Waals surface area contributed by atoms with Gasteiger partial charge in [0.2, 0.25) is 0 Å². The Kier molecular flexibility index (Phi) is 7.22. The Bertz CT molecular complexity index is 1680. The summed E-state index contributed by atoms with van der Waals surface area (Å²) < 4.78 is 12.4. The average molecular weight is 559 g/mol. The lowest BCUT2D eigenvalue weighted by Crippen LogP contribution is -2.29. The molecule has 204 valence electrons. The van der Waals surface area contributed by atoms with Crippen molar-refractivity contribution in [1.82, 2.24) is 14.4 Å². The number of aliphatic hydroxyl groups is 1. The number of carbonyl (C=O) groups is 3. The molecule has 10 nitrogen and oxygen atoms in total. The van der Waals surface area contributed by atoms with Crippen LogP contribution in [0, 0.1) is 13.8 Å². The first-order chi connectivity index (χ1) is 19.3. The molecule has 1 aliphatic rings. The van der Waals surface area contributed by atoms with E-state index < -0.39 is 23.7 Å². The van der Waals surface area contributed by atoms with E-state index in [1.54, 1.807) is 73.8 Å². The van der Waals surface area contributed by atoms with Crippen LogP contribution in [-0.2, 0) is 14.3 Å². The molecule has 4 heterocycles. The van der Waals surface area contributed by atoms with E-state index in [1.807, 2.05) is 6.07 Å². The summed E-state index contributed by atoms with van der Waals surface area (Å²) in [5.41, 5.74) is 2.13. The van der Waals surface area contributed by atoms with Crippen LogP contribution in [0.15, 0.2) is 66.9 Å². The highest BCUT2D eigenvalue weighted by molar-refractivity contribution is 7.17. The molecular weight excluding hydrogens is 532 g/mol. The van der Waals surface area contributed by atoms with Gasteiger partial charge in [-0.25, -0.2) is 14.8 Å². The molecule has 3 aromatic heterocycles. The van der Waals surface area contributed by atoms with Crippen molar-refractivity contribution in [3.05, 3.63) is 94.4 Å². The molecule has 1 aromatic carbocycles. The maximum atomic E-state index is 13.6. The number of esters is 1. The topological polar surface area (TPSA) is 123 Å². The highest BCUT2D eigenvalue weighted by Gasteiger charge is 2.49. The maximum Gasteiger partial charge on any atom is 0.350 e. The normalized spacial score (nSPS) is 16.5. The highest BCUT2D eigenvalue weighted by Crippen LogP contribution is 2.44. The first-order valence-electron chi connectivity index (χ1n) is 12.5. The summed E-state index contributed by atoms with van der Waals surface area (Å²) in [5.74, 6) is -2.14. The summed E-state index contributed by atoms with van der Waals surface area (Å²) in [6.07, 6.45) is 3.34. The molecule has 0 saturated carbocycles. The minimum atomic E-state index is -1.04. The zero-order valence-electron chi connectivity index (χ0n) is 22.1. The number of amides is 1. The summed E-state index contributed by atoms with van der Waals surface area (Å²) in [6.45, 7) is 9.17. The van der Waals surface area contributed by atoms with Gasteiger partial charge in [0.1, 0.15) is 28.6 Å². The van der Waals surface area contributed by atoms with Crippen LogP contribution in [0.3, 0.4) is 0 Å². The van der Waals surface area contributed by atoms with Gasteiger partial charge in [-0.3, -0.25) is 18.9 Å². The van der Waals surface area contributed by atoms with E-state index >= 15 is 0 Å². The summed E-state index contributed by atoms with van der Waals surface area (Å²) >= 11 is 0.950. The van der Waals surface area contributed by atoms with E-state index in [-0.39, 0.29) is 27.9 Å². The molecule has 1 amide bonds. The molecular formula is C29H26N4O6S. The molecule has 1 saturated heterocycles. The third kappa shape index (κ3) is 4.54. The van der Waals surface area contributed by atoms with Crippen LogP contribution >= 0.6 is 11.3 Å². The predicted octanol–water partition coefficient (Wildman–Crippen LogP) is 4.78. The maximum absolute atomic E-state index is 13.6. The Hall–Kier alpha value is -4.77. The second kappa shape index (κ2) is 10.8. The van der Waals surface area contributed by atoms with Gasteiger partial charge in [-0.15, -0.1) is 0 Å². The van der Waals surface area contributed by atoms with Gasteiger partial charge in [0.25, 0.3) is 5.78 Å². The van der Waals surface area contributed by atoms with Crippen molar-refractivity contribution in [2.45, 2.75) is 26.8 Å².